The molecule has 2 saturated heterocycles. The van der Waals surface area contributed by atoms with E-state index in [0.29, 0.717) is 45.7 Å². The van der Waals surface area contributed by atoms with Crippen LogP contribution >= 0.6 is 0 Å². The summed E-state index contributed by atoms with van der Waals surface area (Å²) in [7, 11) is 1.60. The van der Waals surface area contributed by atoms with Crippen molar-refractivity contribution in [2.75, 3.05) is 40.0 Å². The number of amides is 4. The van der Waals surface area contributed by atoms with Crippen LogP contribution in [0.2, 0.25) is 0 Å². The molecule has 0 unspecified atom stereocenters. The highest BCUT2D eigenvalue weighted by Crippen LogP contribution is 2.15. The van der Waals surface area contributed by atoms with E-state index < -0.39 is 12.1 Å². The van der Waals surface area contributed by atoms with Gasteiger partial charge < -0.3 is 19.7 Å². The average Bonchev–Trinajstić information content (AvgIpc) is 2.98. The Kier molecular flexibility index (Phi) is 6.28. The molecule has 146 valence electrons. The molecule has 0 saturated carbocycles. The average molecular weight is 375 g/mol. The molecular weight excluding hydrogens is 350 g/mol. The standard InChI is InChI=1S/C19H25N3O5/c1-26-15-4-2-14(3-5-15)8-9-22-18(24)16(20-19(22)25)6-7-17(23)21-10-12-27-13-11-21/h2-5,16H,6-13H2,1H3,(H,20,25)/t16-/m1/s1. The molecule has 3 rings (SSSR count). The zero-order valence-electron chi connectivity index (χ0n) is 15.5. The molecule has 1 aromatic rings. The number of ether oxygens (including phenoxy) is 2. The van der Waals surface area contributed by atoms with E-state index in [1.807, 2.05) is 24.3 Å². The van der Waals surface area contributed by atoms with Gasteiger partial charge in [-0.25, -0.2) is 4.79 Å². The van der Waals surface area contributed by atoms with Crippen LogP contribution in [0.1, 0.15) is 18.4 Å². The highest BCUT2D eigenvalue weighted by atomic mass is 16.5. The molecule has 2 aliphatic heterocycles. The molecule has 1 N–H and O–H groups in total. The van der Waals surface area contributed by atoms with Crippen molar-refractivity contribution in [3.05, 3.63) is 29.8 Å². The first kappa shape index (κ1) is 19.2. The lowest BCUT2D eigenvalue weighted by Gasteiger charge is -2.27. The molecule has 0 aromatic heterocycles. The summed E-state index contributed by atoms with van der Waals surface area (Å²) >= 11 is 0. The highest BCUT2D eigenvalue weighted by Gasteiger charge is 2.37. The quantitative estimate of drug-likeness (QED) is 0.712. The number of rotatable bonds is 7. The van der Waals surface area contributed by atoms with Crippen molar-refractivity contribution in [1.29, 1.82) is 0 Å². The Morgan fingerprint density at radius 3 is 2.59 bits per heavy atom. The van der Waals surface area contributed by atoms with E-state index in [2.05, 4.69) is 5.32 Å². The number of morpholine rings is 1. The van der Waals surface area contributed by atoms with Crippen LogP contribution in [0.5, 0.6) is 5.75 Å². The van der Waals surface area contributed by atoms with Gasteiger partial charge in [-0.15, -0.1) is 0 Å². The van der Waals surface area contributed by atoms with Gasteiger partial charge in [-0.3, -0.25) is 14.5 Å². The second-order valence-corrected chi connectivity index (χ2v) is 6.62. The fourth-order valence-electron chi connectivity index (χ4n) is 3.26. The Hall–Kier alpha value is -2.61. The summed E-state index contributed by atoms with van der Waals surface area (Å²) in [6.45, 7) is 2.56. The van der Waals surface area contributed by atoms with Crippen molar-refractivity contribution in [1.82, 2.24) is 15.1 Å². The maximum absolute atomic E-state index is 12.5. The van der Waals surface area contributed by atoms with Gasteiger partial charge in [0, 0.05) is 26.1 Å². The zero-order chi connectivity index (χ0) is 19.2. The molecule has 2 heterocycles. The monoisotopic (exact) mass is 375 g/mol. The first-order chi connectivity index (χ1) is 13.1. The van der Waals surface area contributed by atoms with Gasteiger partial charge in [0.25, 0.3) is 5.91 Å². The normalized spacial score (nSPS) is 20.0. The van der Waals surface area contributed by atoms with Crippen molar-refractivity contribution >= 4 is 17.8 Å². The first-order valence-corrected chi connectivity index (χ1v) is 9.19. The second-order valence-electron chi connectivity index (χ2n) is 6.62. The third kappa shape index (κ3) is 4.77. The van der Waals surface area contributed by atoms with E-state index in [-0.39, 0.29) is 18.2 Å². The molecule has 1 atom stereocenters. The molecule has 27 heavy (non-hydrogen) atoms. The number of hydrogen-bond acceptors (Lipinski definition) is 5. The van der Waals surface area contributed by atoms with Crippen molar-refractivity contribution < 1.29 is 23.9 Å². The number of hydrogen-bond donors (Lipinski definition) is 1. The van der Waals surface area contributed by atoms with Gasteiger partial charge in [0.05, 0.1) is 20.3 Å². The number of carbonyl (C=O) groups excluding carboxylic acids is 3. The molecule has 8 nitrogen and oxygen atoms in total. The topological polar surface area (TPSA) is 88.2 Å². The van der Waals surface area contributed by atoms with Crippen LogP contribution in [-0.2, 0) is 20.7 Å². The Bertz CT molecular complexity index is 685. The summed E-state index contributed by atoms with van der Waals surface area (Å²) in [4.78, 5) is 39.8. The summed E-state index contributed by atoms with van der Waals surface area (Å²) in [5.41, 5.74) is 1.02. The third-order valence-corrected chi connectivity index (χ3v) is 4.90. The Morgan fingerprint density at radius 2 is 1.93 bits per heavy atom. The fraction of sp³-hybridized carbons (Fsp3) is 0.526. The van der Waals surface area contributed by atoms with Crippen LogP contribution in [0.3, 0.4) is 0 Å². The van der Waals surface area contributed by atoms with Crippen LogP contribution < -0.4 is 10.1 Å². The van der Waals surface area contributed by atoms with Gasteiger partial charge in [-0.2, -0.15) is 0 Å². The molecule has 1 aromatic carbocycles. The number of imide groups is 1. The molecule has 4 amide bonds. The van der Waals surface area contributed by atoms with Crippen molar-refractivity contribution in [2.24, 2.45) is 0 Å². The number of benzene rings is 1. The Balaban J connectivity index is 1.47. The lowest BCUT2D eigenvalue weighted by molar-refractivity contribution is -0.135. The fourth-order valence-corrected chi connectivity index (χ4v) is 3.26. The van der Waals surface area contributed by atoms with Crippen LogP contribution in [0.4, 0.5) is 4.79 Å². The van der Waals surface area contributed by atoms with Gasteiger partial charge in [0.15, 0.2) is 0 Å². The lowest BCUT2D eigenvalue weighted by Crippen LogP contribution is -2.41. The summed E-state index contributed by atoms with van der Waals surface area (Å²) in [6.07, 6.45) is 1.13. The van der Waals surface area contributed by atoms with Crippen LogP contribution in [0.25, 0.3) is 0 Å². The van der Waals surface area contributed by atoms with Crippen LogP contribution in [0, 0.1) is 0 Å². The number of nitrogens with one attached hydrogen (secondary N) is 1. The van der Waals surface area contributed by atoms with E-state index in [1.54, 1.807) is 12.0 Å². The molecule has 8 heteroatoms. The maximum atomic E-state index is 12.5. The van der Waals surface area contributed by atoms with E-state index in [9.17, 15) is 14.4 Å². The van der Waals surface area contributed by atoms with Gasteiger partial charge >= 0.3 is 6.03 Å². The van der Waals surface area contributed by atoms with Gasteiger partial charge in [-0.1, -0.05) is 12.1 Å². The van der Waals surface area contributed by atoms with Gasteiger partial charge in [0.1, 0.15) is 11.8 Å². The summed E-state index contributed by atoms with van der Waals surface area (Å²) in [5, 5.41) is 2.69. The maximum Gasteiger partial charge on any atom is 0.324 e. The molecular formula is C19H25N3O5. The molecule has 0 bridgehead atoms. The van der Waals surface area contributed by atoms with Gasteiger partial charge in [0.2, 0.25) is 5.91 Å². The SMILES string of the molecule is COc1ccc(CCN2C(=O)N[C@H](CCC(=O)N3CCOCC3)C2=O)cc1. The van der Waals surface area contributed by atoms with E-state index >= 15 is 0 Å². The predicted octanol–water partition coefficient (Wildman–Crippen LogP) is 0.797. The molecule has 2 fully saturated rings. The van der Waals surface area contributed by atoms with E-state index in [1.165, 1.54) is 4.90 Å². The molecule has 0 aliphatic carbocycles. The summed E-state index contributed by atoms with van der Waals surface area (Å²) < 4.78 is 10.3. The number of carbonyl (C=O) groups is 3. The Labute approximate surface area is 158 Å². The molecule has 0 spiro atoms. The summed E-state index contributed by atoms with van der Waals surface area (Å²) in [5.74, 6) is 0.499. The van der Waals surface area contributed by atoms with E-state index in [0.717, 1.165) is 11.3 Å². The minimum Gasteiger partial charge on any atom is -0.497 e. The van der Waals surface area contributed by atoms with Gasteiger partial charge in [-0.05, 0) is 30.5 Å². The lowest BCUT2D eigenvalue weighted by atomic mass is 10.1. The first-order valence-electron chi connectivity index (χ1n) is 9.19. The zero-order valence-corrected chi connectivity index (χ0v) is 15.5. The largest absolute Gasteiger partial charge is 0.497 e. The van der Waals surface area contributed by atoms with Crippen molar-refractivity contribution in [3.8, 4) is 5.75 Å². The number of methoxy groups -OCH3 is 1. The molecule has 2 aliphatic rings. The summed E-state index contributed by atoms with van der Waals surface area (Å²) in [6, 6.07) is 6.50. The smallest absolute Gasteiger partial charge is 0.324 e. The van der Waals surface area contributed by atoms with Crippen LogP contribution in [0.15, 0.2) is 24.3 Å². The predicted molar refractivity (Wildman–Crippen MR) is 97.4 cm³/mol. The number of nitrogens with zero attached hydrogens (tertiary/aromatic N) is 2. The van der Waals surface area contributed by atoms with Crippen molar-refractivity contribution in [3.63, 3.8) is 0 Å². The highest BCUT2D eigenvalue weighted by molar-refractivity contribution is 6.04. The van der Waals surface area contributed by atoms with Crippen molar-refractivity contribution in [2.45, 2.75) is 25.3 Å². The minimum atomic E-state index is -0.627. The van der Waals surface area contributed by atoms with E-state index in [4.69, 9.17) is 9.47 Å². The van der Waals surface area contributed by atoms with Crippen LogP contribution in [-0.4, -0.2) is 73.6 Å². The minimum absolute atomic E-state index is 0.00275. The third-order valence-electron chi connectivity index (χ3n) is 4.90. The second kappa shape index (κ2) is 8.85. The Morgan fingerprint density at radius 1 is 1.22 bits per heavy atom. The number of urea groups is 1. The molecule has 0 radical (unpaired) electrons.